The molecule has 3 rings (SSSR count). The molecule has 1 aromatic carbocycles. The number of aromatic nitrogens is 3. The fourth-order valence-electron chi connectivity index (χ4n) is 2.37. The summed E-state index contributed by atoms with van der Waals surface area (Å²) in [5, 5.41) is 2.80. The number of amides is 1. The third-order valence-electron chi connectivity index (χ3n) is 3.64. The molecular formula is C19H18N4O2S. The molecule has 2 N–H and O–H groups in total. The van der Waals surface area contributed by atoms with Gasteiger partial charge >= 0.3 is 0 Å². The number of anilines is 1. The molecule has 0 saturated heterocycles. The summed E-state index contributed by atoms with van der Waals surface area (Å²) in [6, 6.07) is 10.7. The standard InChI is InChI=1S/C19H18N4O2S/c1-13(24)15-3-2-4-16(9-15)22-19(25)12-26-11-18-21-10-17(23-18)14-5-7-20-8-6-14/h2-10H,11-12H2,1H3,(H,21,23)(H,22,25). The van der Waals surface area contributed by atoms with E-state index in [-0.39, 0.29) is 11.7 Å². The molecule has 132 valence electrons. The van der Waals surface area contributed by atoms with Gasteiger partial charge in [0.1, 0.15) is 5.82 Å². The van der Waals surface area contributed by atoms with Crippen LogP contribution in [0.5, 0.6) is 0 Å². The molecule has 1 amide bonds. The number of aromatic amines is 1. The van der Waals surface area contributed by atoms with Crippen molar-refractivity contribution in [1.82, 2.24) is 15.0 Å². The summed E-state index contributed by atoms with van der Waals surface area (Å²) in [7, 11) is 0. The van der Waals surface area contributed by atoms with Crippen molar-refractivity contribution < 1.29 is 9.59 Å². The molecular weight excluding hydrogens is 348 g/mol. The van der Waals surface area contributed by atoms with Gasteiger partial charge in [-0.05, 0) is 31.2 Å². The van der Waals surface area contributed by atoms with Gasteiger partial charge in [-0.2, -0.15) is 0 Å². The summed E-state index contributed by atoms with van der Waals surface area (Å²) in [6.07, 6.45) is 5.24. The number of carbonyl (C=O) groups excluding carboxylic acids is 2. The monoisotopic (exact) mass is 366 g/mol. The van der Waals surface area contributed by atoms with Crippen LogP contribution in [0.1, 0.15) is 23.1 Å². The average Bonchev–Trinajstić information content (AvgIpc) is 3.11. The van der Waals surface area contributed by atoms with Crippen molar-refractivity contribution in [2.75, 3.05) is 11.1 Å². The average molecular weight is 366 g/mol. The van der Waals surface area contributed by atoms with Crippen LogP contribution in [0.15, 0.2) is 55.0 Å². The van der Waals surface area contributed by atoms with Crippen LogP contribution in [-0.2, 0) is 10.5 Å². The predicted octanol–water partition coefficient (Wildman–Crippen LogP) is 3.55. The lowest BCUT2D eigenvalue weighted by molar-refractivity contribution is -0.113. The van der Waals surface area contributed by atoms with E-state index < -0.39 is 0 Å². The third-order valence-corrected chi connectivity index (χ3v) is 4.59. The molecule has 7 heteroatoms. The largest absolute Gasteiger partial charge is 0.341 e. The zero-order valence-electron chi connectivity index (χ0n) is 14.2. The summed E-state index contributed by atoms with van der Waals surface area (Å²) < 4.78 is 0. The van der Waals surface area contributed by atoms with E-state index in [1.807, 2.05) is 12.1 Å². The van der Waals surface area contributed by atoms with Gasteiger partial charge in [0.05, 0.1) is 23.4 Å². The number of ketones is 1. The molecule has 3 aromatic rings. The Morgan fingerprint density at radius 3 is 2.77 bits per heavy atom. The SMILES string of the molecule is CC(=O)c1cccc(NC(=O)CSCc2ncc(-c3ccncc3)[nH]2)c1. The molecule has 0 aliphatic carbocycles. The first-order valence-corrected chi connectivity index (χ1v) is 9.20. The first kappa shape index (κ1) is 17.9. The Labute approximate surface area is 155 Å². The van der Waals surface area contributed by atoms with E-state index in [9.17, 15) is 9.59 Å². The number of nitrogens with zero attached hydrogens (tertiary/aromatic N) is 2. The van der Waals surface area contributed by atoms with Gasteiger partial charge in [-0.3, -0.25) is 14.6 Å². The van der Waals surface area contributed by atoms with E-state index in [2.05, 4.69) is 20.3 Å². The van der Waals surface area contributed by atoms with Crippen molar-refractivity contribution in [3.05, 3.63) is 66.4 Å². The fraction of sp³-hybridized carbons (Fsp3) is 0.158. The zero-order valence-corrected chi connectivity index (χ0v) is 15.0. The van der Waals surface area contributed by atoms with Gasteiger partial charge in [0.15, 0.2) is 5.78 Å². The lowest BCUT2D eigenvalue weighted by atomic mass is 10.1. The Bertz CT molecular complexity index is 909. The smallest absolute Gasteiger partial charge is 0.234 e. The maximum atomic E-state index is 12.1. The van der Waals surface area contributed by atoms with Crippen molar-refractivity contribution in [1.29, 1.82) is 0 Å². The number of Topliss-reactive ketones (excluding diaryl/α,β-unsaturated/α-hetero) is 1. The second-order valence-corrected chi connectivity index (χ2v) is 6.64. The molecule has 0 saturated carbocycles. The summed E-state index contributed by atoms with van der Waals surface area (Å²) in [4.78, 5) is 35.0. The zero-order chi connectivity index (χ0) is 18.4. The van der Waals surface area contributed by atoms with Crippen LogP contribution in [0, 0.1) is 0 Å². The van der Waals surface area contributed by atoms with E-state index in [4.69, 9.17) is 0 Å². The lowest BCUT2D eigenvalue weighted by Crippen LogP contribution is -2.14. The van der Waals surface area contributed by atoms with Gasteiger partial charge in [-0.25, -0.2) is 4.98 Å². The second kappa shape index (κ2) is 8.44. The van der Waals surface area contributed by atoms with Crippen LogP contribution in [0.4, 0.5) is 5.69 Å². The van der Waals surface area contributed by atoms with Crippen LogP contribution >= 0.6 is 11.8 Å². The number of imidazole rings is 1. The molecule has 0 aliphatic heterocycles. The van der Waals surface area contributed by atoms with Gasteiger partial charge in [-0.15, -0.1) is 11.8 Å². The van der Waals surface area contributed by atoms with Crippen LogP contribution in [0.2, 0.25) is 0 Å². The molecule has 0 unspecified atom stereocenters. The minimum Gasteiger partial charge on any atom is -0.341 e. The third kappa shape index (κ3) is 4.80. The quantitative estimate of drug-likeness (QED) is 0.625. The predicted molar refractivity (Wildman–Crippen MR) is 103 cm³/mol. The van der Waals surface area contributed by atoms with Crippen molar-refractivity contribution in [2.24, 2.45) is 0 Å². The number of thioether (sulfide) groups is 1. The molecule has 0 fully saturated rings. The van der Waals surface area contributed by atoms with Crippen molar-refractivity contribution >= 4 is 29.1 Å². The van der Waals surface area contributed by atoms with Crippen LogP contribution in [-0.4, -0.2) is 32.4 Å². The second-order valence-electron chi connectivity index (χ2n) is 5.66. The number of hydrogen-bond donors (Lipinski definition) is 2. The molecule has 2 heterocycles. The minimum atomic E-state index is -0.114. The summed E-state index contributed by atoms with van der Waals surface area (Å²) in [5.74, 6) is 1.57. The molecule has 6 nitrogen and oxygen atoms in total. The number of nitrogens with one attached hydrogen (secondary N) is 2. The normalized spacial score (nSPS) is 10.5. The Morgan fingerprint density at radius 2 is 2.00 bits per heavy atom. The molecule has 0 aliphatic rings. The van der Waals surface area contributed by atoms with Gasteiger partial charge < -0.3 is 10.3 Å². The van der Waals surface area contributed by atoms with Gasteiger partial charge in [0, 0.05) is 29.2 Å². The Kier molecular flexibility index (Phi) is 5.80. The number of rotatable bonds is 7. The number of benzene rings is 1. The van der Waals surface area contributed by atoms with Crippen LogP contribution in [0.3, 0.4) is 0 Å². The molecule has 0 spiro atoms. The minimum absolute atomic E-state index is 0.0294. The highest BCUT2D eigenvalue weighted by Crippen LogP contribution is 2.18. The highest BCUT2D eigenvalue weighted by molar-refractivity contribution is 7.99. The molecule has 0 bridgehead atoms. The maximum Gasteiger partial charge on any atom is 0.234 e. The van der Waals surface area contributed by atoms with E-state index in [0.29, 0.717) is 22.8 Å². The Morgan fingerprint density at radius 1 is 1.19 bits per heavy atom. The first-order valence-electron chi connectivity index (χ1n) is 8.04. The topological polar surface area (TPSA) is 87.7 Å². The van der Waals surface area contributed by atoms with Crippen LogP contribution in [0.25, 0.3) is 11.3 Å². The Balaban J connectivity index is 1.49. The van der Waals surface area contributed by atoms with E-state index in [1.165, 1.54) is 18.7 Å². The summed E-state index contributed by atoms with van der Waals surface area (Å²) in [6.45, 7) is 1.50. The van der Waals surface area contributed by atoms with Gasteiger partial charge in [0.25, 0.3) is 0 Å². The lowest BCUT2D eigenvalue weighted by Gasteiger charge is -2.06. The van der Waals surface area contributed by atoms with Crippen LogP contribution < -0.4 is 5.32 Å². The number of H-pyrrole nitrogens is 1. The van der Waals surface area contributed by atoms with E-state index in [0.717, 1.165) is 17.1 Å². The maximum absolute atomic E-state index is 12.1. The summed E-state index contributed by atoms with van der Waals surface area (Å²) in [5.41, 5.74) is 3.15. The van der Waals surface area contributed by atoms with E-state index >= 15 is 0 Å². The van der Waals surface area contributed by atoms with E-state index in [1.54, 1.807) is 42.9 Å². The van der Waals surface area contributed by atoms with Gasteiger partial charge in [0.2, 0.25) is 5.91 Å². The molecule has 0 atom stereocenters. The number of carbonyl (C=O) groups is 2. The Hall–Kier alpha value is -2.93. The highest BCUT2D eigenvalue weighted by Gasteiger charge is 2.07. The summed E-state index contributed by atoms with van der Waals surface area (Å²) >= 11 is 1.47. The number of hydrogen-bond acceptors (Lipinski definition) is 5. The van der Waals surface area contributed by atoms with Crippen molar-refractivity contribution in [3.63, 3.8) is 0 Å². The number of pyridine rings is 1. The first-order chi connectivity index (χ1) is 12.6. The molecule has 2 aromatic heterocycles. The molecule has 26 heavy (non-hydrogen) atoms. The van der Waals surface area contributed by atoms with Gasteiger partial charge in [-0.1, -0.05) is 12.1 Å². The van der Waals surface area contributed by atoms with Crippen molar-refractivity contribution in [2.45, 2.75) is 12.7 Å². The fourth-order valence-corrected chi connectivity index (χ4v) is 3.07. The van der Waals surface area contributed by atoms with Crippen molar-refractivity contribution in [3.8, 4) is 11.3 Å². The molecule has 0 radical (unpaired) electrons. The highest BCUT2D eigenvalue weighted by atomic mass is 32.2.